The Morgan fingerprint density at radius 3 is 1.59 bits per heavy atom. The second kappa shape index (κ2) is 5.48. The van der Waals surface area contributed by atoms with Gasteiger partial charge < -0.3 is 10.6 Å². The Balaban J connectivity index is 2.28. The molecule has 2 amide bonds. The maximum atomic E-state index is 11.4. The van der Waals surface area contributed by atoms with Crippen molar-refractivity contribution in [1.82, 2.24) is 0 Å². The molecule has 0 fully saturated rings. The lowest BCUT2D eigenvalue weighted by Crippen LogP contribution is -2.07. The van der Waals surface area contributed by atoms with E-state index in [9.17, 15) is 9.59 Å². The van der Waals surface area contributed by atoms with Crippen molar-refractivity contribution in [3.63, 3.8) is 0 Å². The molecule has 0 saturated heterocycles. The van der Waals surface area contributed by atoms with Crippen LogP contribution in [0.2, 0.25) is 0 Å². The first-order valence-electron chi connectivity index (χ1n) is 7.05. The van der Waals surface area contributed by atoms with E-state index in [0.29, 0.717) is 0 Å². The number of anilines is 2. The zero-order chi connectivity index (χ0) is 15.7. The SMILES string of the molecule is CC(=O)Nc1cccc2cc3cccc(NC(C)=O)c3cc12. The number of hydrogen-bond donors (Lipinski definition) is 2. The van der Waals surface area contributed by atoms with Gasteiger partial charge in [-0.2, -0.15) is 0 Å². The van der Waals surface area contributed by atoms with Gasteiger partial charge in [-0.3, -0.25) is 9.59 Å². The standard InChI is InChI=1S/C18H16N2O2/c1-11(21)19-17-7-3-5-13-9-14-6-4-8-18(20-12(2)22)16(14)10-15(13)17/h3-10H,1-2H3,(H,19,21)(H,20,22). The number of rotatable bonds is 2. The first-order valence-corrected chi connectivity index (χ1v) is 7.05. The maximum Gasteiger partial charge on any atom is 0.221 e. The Labute approximate surface area is 128 Å². The average molecular weight is 292 g/mol. The van der Waals surface area contributed by atoms with Gasteiger partial charge in [-0.05, 0) is 35.0 Å². The van der Waals surface area contributed by atoms with Crippen molar-refractivity contribution in [3.05, 3.63) is 48.5 Å². The zero-order valence-electron chi connectivity index (χ0n) is 12.4. The predicted octanol–water partition coefficient (Wildman–Crippen LogP) is 3.91. The van der Waals surface area contributed by atoms with Crippen LogP contribution in [-0.4, -0.2) is 11.8 Å². The van der Waals surface area contributed by atoms with Gasteiger partial charge in [0.15, 0.2) is 0 Å². The molecule has 0 aromatic heterocycles. The molecule has 2 N–H and O–H groups in total. The van der Waals surface area contributed by atoms with Crippen molar-refractivity contribution in [2.75, 3.05) is 10.6 Å². The van der Waals surface area contributed by atoms with Crippen LogP contribution in [0.5, 0.6) is 0 Å². The summed E-state index contributed by atoms with van der Waals surface area (Å²) in [6.45, 7) is 2.98. The highest BCUT2D eigenvalue weighted by Crippen LogP contribution is 2.32. The van der Waals surface area contributed by atoms with E-state index in [1.54, 1.807) is 0 Å². The van der Waals surface area contributed by atoms with Gasteiger partial charge >= 0.3 is 0 Å². The van der Waals surface area contributed by atoms with Gasteiger partial charge in [-0.25, -0.2) is 0 Å². The summed E-state index contributed by atoms with van der Waals surface area (Å²) < 4.78 is 0. The number of nitrogens with one attached hydrogen (secondary N) is 2. The summed E-state index contributed by atoms with van der Waals surface area (Å²) >= 11 is 0. The second-order valence-corrected chi connectivity index (χ2v) is 5.27. The van der Waals surface area contributed by atoms with Crippen LogP contribution in [0.25, 0.3) is 21.5 Å². The molecule has 0 aliphatic carbocycles. The van der Waals surface area contributed by atoms with Crippen molar-refractivity contribution in [2.45, 2.75) is 13.8 Å². The number of hydrogen-bond acceptors (Lipinski definition) is 2. The van der Waals surface area contributed by atoms with E-state index in [2.05, 4.69) is 16.7 Å². The van der Waals surface area contributed by atoms with Gasteiger partial charge in [-0.15, -0.1) is 0 Å². The van der Waals surface area contributed by atoms with Crippen molar-refractivity contribution in [3.8, 4) is 0 Å². The van der Waals surface area contributed by atoms with Crippen LogP contribution >= 0.6 is 0 Å². The molecule has 4 nitrogen and oxygen atoms in total. The fraction of sp³-hybridized carbons (Fsp3) is 0.111. The lowest BCUT2D eigenvalue weighted by molar-refractivity contribution is -0.115. The molecular weight excluding hydrogens is 276 g/mol. The normalized spacial score (nSPS) is 10.6. The van der Waals surface area contributed by atoms with E-state index in [1.165, 1.54) is 13.8 Å². The van der Waals surface area contributed by atoms with E-state index in [1.807, 2.05) is 42.5 Å². The summed E-state index contributed by atoms with van der Waals surface area (Å²) in [5.41, 5.74) is 1.54. The molecule has 0 atom stereocenters. The molecule has 3 aromatic rings. The van der Waals surface area contributed by atoms with E-state index in [4.69, 9.17) is 0 Å². The third-order valence-corrected chi connectivity index (χ3v) is 3.50. The highest BCUT2D eigenvalue weighted by atomic mass is 16.2. The first-order chi connectivity index (χ1) is 10.5. The van der Waals surface area contributed by atoms with Crippen molar-refractivity contribution >= 4 is 44.7 Å². The molecule has 3 rings (SSSR count). The number of benzene rings is 3. The monoisotopic (exact) mass is 292 g/mol. The van der Waals surface area contributed by atoms with E-state index < -0.39 is 0 Å². The Kier molecular flexibility index (Phi) is 3.51. The molecule has 0 saturated carbocycles. The minimum absolute atomic E-state index is 0.109. The van der Waals surface area contributed by atoms with Gasteiger partial charge in [0.05, 0.1) is 0 Å². The van der Waals surface area contributed by atoms with Crippen LogP contribution in [0.3, 0.4) is 0 Å². The van der Waals surface area contributed by atoms with Crippen LogP contribution in [0.1, 0.15) is 13.8 Å². The Bertz CT molecular complexity index is 829. The number of carbonyl (C=O) groups is 2. The third kappa shape index (κ3) is 2.63. The lowest BCUT2D eigenvalue weighted by atomic mass is 10.0. The van der Waals surface area contributed by atoms with Crippen molar-refractivity contribution < 1.29 is 9.59 Å². The number of carbonyl (C=O) groups excluding carboxylic acids is 2. The highest BCUT2D eigenvalue weighted by molar-refractivity contribution is 6.11. The lowest BCUT2D eigenvalue weighted by Gasteiger charge is -2.11. The minimum Gasteiger partial charge on any atom is -0.326 e. The molecule has 0 spiro atoms. The summed E-state index contributed by atoms with van der Waals surface area (Å²) in [6, 6.07) is 15.6. The fourth-order valence-corrected chi connectivity index (χ4v) is 2.65. The van der Waals surface area contributed by atoms with E-state index >= 15 is 0 Å². The van der Waals surface area contributed by atoms with Gasteiger partial charge in [0.1, 0.15) is 0 Å². The second-order valence-electron chi connectivity index (χ2n) is 5.27. The van der Waals surface area contributed by atoms with Crippen LogP contribution in [0.4, 0.5) is 11.4 Å². The Morgan fingerprint density at radius 2 is 1.18 bits per heavy atom. The Hall–Kier alpha value is -2.88. The molecule has 0 bridgehead atoms. The highest BCUT2D eigenvalue weighted by Gasteiger charge is 2.07. The summed E-state index contributed by atoms with van der Waals surface area (Å²) in [4.78, 5) is 22.7. The van der Waals surface area contributed by atoms with Crippen LogP contribution in [0, 0.1) is 0 Å². The van der Waals surface area contributed by atoms with E-state index in [0.717, 1.165) is 32.9 Å². The molecule has 3 aromatic carbocycles. The van der Waals surface area contributed by atoms with Crippen LogP contribution in [-0.2, 0) is 9.59 Å². The van der Waals surface area contributed by atoms with Gasteiger partial charge in [-0.1, -0.05) is 24.3 Å². The fourth-order valence-electron chi connectivity index (χ4n) is 2.65. The quantitative estimate of drug-likeness (QED) is 0.703. The van der Waals surface area contributed by atoms with E-state index in [-0.39, 0.29) is 11.8 Å². The molecule has 0 aliphatic heterocycles. The smallest absolute Gasteiger partial charge is 0.221 e. The minimum atomic E-state index is -0.109. The third-order valence-electron chi connectivity index (χ3n) is 3.50. The summed E-state index contributed by atoms with van der Waals surface area (Å²) in [6.07, 6.45) is 0. The molecular formula is C18H16N2O2. The molecule has 0 unspecified atom stereocenters. The number of amides is 2. The van der Waals surface area contributed by atoms with Gasteiger partial charge in [0.2, 0.25) is 11.8 Å². The maximum absolute atomic E-state index is 11.4. The molecule has 0 heterocycles. The van der Waals surface area contributed by atoms with Gasteiger partial charge in [0.25, 0.3) is 0 Å². The summed E-state index contributed by atoms with van der Waals surface area (Å²) in [5.74, 6) is -0.217. The largest absolute Gasteiger partial charge is 0.326 e. The molecule has 22 heavy (non-hydrogen) atoms. The molecule has 4 heteroatoms. The molecule has 110 valence electrons. The first kappa shape index (κ1) is 14.1. The zero-order valence-corrected chi connectivity index (χ0v) is 12.4. The average Bonchev–Trinajstić information content (AvgIpc) is 2.45. The molecule has 0 radical (unpaired) electrons. The van der Waals surface area contributed by atoms with Crippen LogP contribution in [0.15, 0.2) is 48.5 Å². The topological polar surface area (TPSA) is 58.2 Å². The summed E-state index contributed by atoms with van der Waals surface area (Å²) in [5, 5.41) is 9.67. The Morgan fingerprint density at radius 1 is 0.727 bits per heavy atom. The van der Waals surface area contributed by atoms with Crippen LogP contribution < -0.4 is 10.6 Å². The van der Waals surface area contributed by atoms with Gasteiger partial charge in [0, 0.05) is 36.0 Å². The summed E-state index contributed by atoms with van der Waals surface area (Å²) in [7, 11) is 0. The van der Waals surface area contributed by atoms with Crippen molar-refractivity contribution in [1.29, 1.82) is 0 Å². The number of fused-ring (bicyclic) bond motifs is 2. The molecule has 0 aliphatic rings. The van der Waals surface area contributed by atoms with Crippen molar-refractivity contribution in [2.24, 2.45) is 0 Å². The predicted molar refractivity (Wildman–Crippen MR) is 90.1 cm³/mol.